The minimum Gasteiger partial charge on any atom is -0.497 e. The van der Waals surface area contributed by atoms with E-state index in [0.717, 1.165) is 5.56 Å². The number of nitrogen functional groups attached to an aromatic ring is 1. The third kappa shape index (κ3) is 3.65. The van der Waals surface area contributed by atoms with Gasteiger partial charge >= 0.3 is 5.97 Å². The largest absolute Gasteiger partial charge is 0.497 e. The summed E-state index contributed by atoms with van der Waals surface area (Å²) in [5.74, 6) is 0.285. The van der Waals surface area contributed by atoms with Crippen LogP contribution in [-0.4, -0.2) is 19.7 Å². The normalized spacial score (nSPS) is 10.4. The fourth-order valence-electron chi connectivity index (χ4n) is 1.21. The highest BCUT2D eigenvalue weighted by molar-refractivity contribution is 5.87. The number of ether oxygens (including phenoxy) is 2. The molecule has 0 spiro atoms. The molecule has 0 aliphatic rings. The molecule has 4 heteroatoms. The third-order valence-corrected chi connectivity index (χ3v) is 1.89. The summed E-state index contributed by atoms with van der Waals surface area (Å²) >= 11 is 0. The quantitative estimate of drug-likeness (QED) is 0.479. The number of esters is 1. The number of rotatable bonds is 4. The van der Waals surface area contributed by atoms with Gasteiger partial charge in [-0.1, -0.05) is 0 Å². The van der Waals surface area contributed by atoms with Gasteiger partial charge in [0.15, 0.2) is 0 Å². The Labute approximate surface area is 94.7 Å². The maximum Gasteiger partial charge on any atom is 0.330 e. The lowest BCUT2D eigenvalue weighted by molar-refractivity contribution is -0.137. The lowest BCUT2D eigenvalue weighted by Gasteiger charge is -2.03. The summed E-state index contributed by atoms with van der Waals surface area (Å²) in [7, 11) is 1.56. The van der Waals surface area contributed by atoms with Crippen molar-refractivity contribution < 1.29 is 14.3 Å². The van der Waals surface area contributed by atoms with Crippen molar-refractivity contribution in [2.75, 3.05) is 19.5 Å². The average molecular weight is 221 g/mol. The standard InChI is InChI=1S/C12H15NO3/c1-3-16-12(14)5-4-9-6-10(13)8-11(7-9)15-2/h4-8H,3,13H2,1-2H3. The molecule has 2 N–H and O–H groups in total. The number of nitrogens with two attached hydrogens (primary N) is 1. The topological polar surface area (TPSA) is 61.5 Å². The third-order valence-electron chi connectivity index (χ3n) is 1.89. The van der Waals surface area contributed by atoms with E-state index in [1.165, 1.54) is 6.08 Å². The molecule has 0 radical (unpaired) electrons. The highest BCUT2D eigenvalue weighted by Crippen LogP contribution is 2.19. The van der Waals surface area contributed by atoms with E-state index in [4.69, 9.17) is 15.2 Å². The lowest BCUT2D eigenvalue weighted by Crippen LogP contribution is -1.98. The van der Waals surface area contributed by atoms with Gasteiger partial charge in [-0.2, -0.15) is 0 Å². The van der Waals surface area contributed by atoms with Crippen LogP contribution >= 0.6 is 0 Å². The predicted molar refractivity (Wildman–Crippen MR) is 63.1 cm³/mol. The Hall–Kier alpha value is -1.97. The predicted octanol–water partition coefficient (Wildman–Crippen LogP) is 1.85. The Kier molecular flexibility index (Phi) is 4.39. The van der Waals surface area contributed by atoms with Crippen molar-refractivity contribution >= 4 is 17.7 Å². The maximum atomic E-state index is 11.1. The highest BCUT2D eigenvalue weighted by Gasteiger charge is 1.98. The van der Waals surface area contributed by atoms with Gasteiger partial charge in [0.05, 0.1) is 13.7 Å². The van der Waals surface area contributed by atoms with Gasteiger partial charge in [0.2, 0.25) is 0 Å². The van der Waals surface area contributed by atoms with Crippen LogP contribution in [0.1, 0.15) is 12.5 Å². The van der Waals surface area contributed by atoms with Gasteiger partial charge in [-0.05, 0) is 30.7 Å². The molecule has 0 aliphatic heterocycles. The summed E-state index contributed by atoms with van der Waals surface area (Å²) in [5.41, 5.74) is 7.05. The Bertz CT molecular complexity index is 399. The lowest BCUT2D eigenvalue weighted by atomic mass is 10.2. The molecule has 1 aromatic carbocycles. The minimum atomic E-state index is -0.371. The molecule has 0 bridgehead atoms. The highest BCUT2D eigenvalue weighted by atomic mass is 16.5. The van der Waals surface area contributed by atoms with Crippen LogP contribution in [0.3, 0.4) is 0 Å². The van der Waals surface area contributed by atoms with Crippen LogP contribution in [-0.2, 0) is 9.53 Å². The smallest absolute Gasteiger partial charge is 0.330 e. The van der Waals surface area contributed by atoms with Gasteiger partial charge in [-0.25, -0.2) is 4.79 Å². The first-order valence-electron chi connectivity index (χ1n) is 4.95. The Morgan fingerprint density at radius 3 is 2.81 bits per heavy atom. The molecular formula is C12H15NO3. The SMILES string of the molecule is CCOC(=O)C=Cc1cc(N)cc(OC)c1. The number of hydrogen-bond donors (Lipinski definition) is 1. The summed E-state index contributed by atoms with van der Waals surface area (Å²) in [4.78, 5) is 11.1. The number of anilines is 1. The van der Waals surface area contributed by atoms with E-state index in [1.807, 2.05) is 0 Å². The molecule has 0 saturated heterocycles. The first-order valence-corrected chi connectivity index (χ1v) is 4.95. The van der Waals surface area contributed by atoms with Crippen molar-refractivity contribution in [3.8, 4) is 5.75 Å². The Balaban J connectivity index is 2.80. The number of methoxy groups -OCH3 is 1. The van der Waals surface area contributed by atoms with Crippen molar-refractivity contribution in [2.45, 2.75) is 6.92 Å². The van der Waals surface area contributed by atoms with Crippen molar-refractivity contribution in [3.63, 3.8) is 0 Å². The van der Waals surface area contributed by atoms with Crippen LogP contribution in [0.5, 0.6) is 5.75 Å². The van der Waals surface area contributed by atoms with Crippen LogP contribution in [0, 0.1) is 0 Å². The van der Waals surface area contributed by atoms with Crippen LogP contribution in [0.2, 0.25) is 0 Å². The monoisotopic (exact) mass is 221 g/mol. The molecule has 0 unspecified atom stereocenters. The minimum absolute atomic E-state index is 0.365. The zero-order valence-corrected chi connectivity index (χ0v) is 9.40. The molecule has 4 nitrogen and oxygen atoms in total. The molecule has 0 fully saturated rings. The second-order valence-electron chi connectivity index (χ2n) is 3.12. The fraction of sp³-hybridized carbons (Fsp3) is 0.250. The van der Waals surface area contributed by atoms with Crippen molar-refractivity contribution in [1.82, 2.24) is 0 Å². The van der Waals surface area contributed by atoms with E-state index in [2.05, 4.69) is 0 Å². The zero-order chi connectivity index (χ0) is 12.0. The van der Waals surface area contributed by atoms with Crippen LogP contribution in [0.25, 0.3) is 6.08 Å². The number of carbonyl (C=O) groups excluding carboxylic acids is 1. The number of hydrogen-bond acceptors (Lipinski definition) is 4. The fourth-order valence-corrected chi connectivity index (χ4v) is 1.21. The summed E-state index contributed by atoms with van der Waals surface area (Å²) < 4.78 is 9.82. The summed E-state index contributed by atoms with van der Waals surface area (Å²) in [6.07, 6.45) is 2.99. The van der Waals surface area contributed by atoms with E-state index in [0.29, 0.717) is 18.0 Å². The van der Waals surface area contributed by atoms with E-state index < -0.39 is 0 Å². The van der Waals surface area contributed by atoms with E-state index in [9.17, 15) is 4.79 Å². The molecular weight excluding hydrogens is 206 g/mol. The second-order valence-corrected chi connectivity index (χ2v) is 3.12. The van der Waals surface area contributed by atoms with Crippen LogP contribution in [0.4, 0.5) is 5.69 Å². The average Bonchev–Trinajstić information content (AvgIpc) is 2.26. The van der Waals surface area contributed by atoms with Gasteiger partial charge in [-0.15, -0.1) is 0 Å². The molecule has 0 atom stereocenters. The first kappa shape index (κ1) is 12.1. The molecule has 0 saturated carbocycles. The molecule has 0 aliphatic carbocycles. The second kappa shape index (κ2) is 5.80. The van der Waals surface area contributed by atoms with E-state index in [-0.39, 0.29) is 5.97 Å². The molecule has 0 amide bonds. The molecule has 0 aromatic heterocycles. The molecule has 16 heavy (non-hydrogen) atoms. The van der Waals surface area contributed by atoms with Gasteiger partial charge in [-0.3, -0.25) is 0 Å². The molecule has 1 rings (SSSR count). The molecule has 1 aromatic rings. The van der Waals surface area contributed by atoms with Crippen molar-refractivity contribution in [2.24, 2.45) is 0 Å². The van der Waals surface area contributed by atoms with Gasteiger partial charge in [0.25, 0.3) is 0 Å². The Morgan fingerprint density at radius 2 is 2.19 bits per heavy atom. The van der Waals surface area contributed by atoms with E-state index in [1.54, 1.807) is 38.3 Å². The van der Waals surface area contributed by atoms with Crippen LogP contribution in [0.15, 0.2) is 24.3 Å². The summed E-state index contributed by atoms with van der Waals surface area (Å²) in [5, 5.41) is 0. The maximum absolute atomic E-state index is 11.1. The molecule has 0 heterocycles. The first-order chi connectivity index (χ1) is 7.65. The van der Waals surface area contributed by atoms with Crippen molar-refractivity contribution in [1.29, 1.82) is 0 Å². The Morgan fingerprint density at radius 1 is 1.44 bits per heavy atom. The number of carbonyl (C=O) groups is 1. The van der Waals surface area contributed by atoms with Gasteiger partial charge < -0.3 is 15.2 Å². The van der Waals surface area contributed by atoms with Gasteiger partial charge in [0, 0.05) is 17.8 Å². The molecule has 86 valence electrons. The zero-order valence-electron chi connectivity index (χ0n) is 9.40. The van der Waals surface area contributed by atoms with E-state index >= 15 is 0 Å². The summed E-state index contributed by atoms with van der Waals surface area (Å²) in [6, 6.07) is 5.24. The van der Waals surface area contributed by atoms with Crippen molar-refractivity contribution in [3.05, 3.63) is 29.8 Å². The van der Waals surface area contributed by atoms with Crippen LogP contribution < -0.4 is 10.5 Å². The summed E-state index contributed by atoms with van der Waals surface area (Å²) in [6.45, 7) is 2.12. The van der Waals surface area contributed by atoms with Gasteiger partial charge in [0.1, 0.15) is 5.75 Å². The number of benzene rings is 1.